The van der Waals surface area contributed by atoms with Crippen LogP contribution >= 0.6 is 0 Å². The van der Waals surface area contributed by atoms with E-state index in [1.807, 2.05) is 6.08 Å². The van der Waals surface area contributed by atoms with Crippen LogP contribution in [0.3, 0.4) is 0 Å². The predicted molar refractivity (Wildman–Crippen MR) is 142 cm³/mol. The van der Waals surface area contributed by atoms with Gasteiger partial charge < -0.3 is 0 Å². The van der Waals surface area contributed by atoms with Crippen LogP contribution in [0.5, 0.6) is 0 Å². The third-order valence-electron chi connectivity index (χ3n) is 8.50. The molecule has 0 aliphatic heterocycles. The van der Waals surface area contributed by atoms with Gasteiger partial charge in [-0.2, -0.15) is 9.65 Å². The Labute approximate surface area is 208 Å². The van der Waals surface area contributed by atoms with Crippen molar-refractivity contribution in [3.05, 3.63) is 59.4 Å². The SMILES string of the molecule is CCCc1ccc([C@H]2CC[C@H](CCCC[C@H]3CC[C@H](CCC=CC=C(F)C#N)CC3)CC2)cc1. The highest BCUT2D eigenvalue weighted by Crippen LogP contribution is 2.39. The third-order valence-corrected chi connectivity index (χ3v) is 8.50. The molecule has 34 heavy (non-hydrogen) atoms. The van der Waals surface area contributed by atoms with E-state index in [4.69, 9.17) is 5.26 Å². The van der Waals surface area contributed by atoms with Gasteiger partial charge in [-0.25, -0.2) is 0 Å². The van der Waals surface area contributed by atoms with Crippen LogP contribution in [0.15, 0.2) is 48.3 Å². The van der Waals surface area contributed by atoms with E-state index in [0.717, 1.165) is 30.1 Å². The van der Waals surface area contributed by atoms with Crippen LogP contribution in [0.2, 0.25) is 0 Å². The number of halogens is 1. The van der Waals surface area contributed by atoms with Gasteiger partial charge in [-0.1, -0.05) is 101 Å². The van der Waals surface area contributed by atoms with Crippen LogP contribution in [-0.2, 0) is 6.42 Å². The van der Waals surface area contributed by atoms with Crippen LogP contribution in [0.1, 0.15) is 120 Å². The van der Waals surface area contributed by atoms with Crippen molar-refractivity contribution in [3.63, 3.8) is 0 Å². The van der Waals surface area contributed by atoms with Crippen LogP contribution in [0, 0.1) is 29.1 Å². The highest BCUT2D eigenvalue weighted by Gasteiger charge is 2.23. The smallest absolute Gasteiger partial charge is 0.195 e. The summed E-state index contributed by atoms with van der Waals surface area (Å²) in [5, 5.41) is 8.41. The molecule has 2 heteroatoms. The van der Waals surface area contributed by atoms with Gasteiger partial charge in [0.1, 0.15) is 6.07 Å². The first-order chi connectivity index (χ1) is 16.7. The molecule has 3 rings (SSSR count). The van der Waals surface area contributed by atoms with Crippen LogP contribution in [0.25, 0.3) is 0 Å². The highest BCUT2D eigenvalue weighted by atomic mass is 19.1. The summed E-state index contributed by atoms with van der Waals surface area (Å²) in [5.74, 6) is 2.84. The Balaban J connectivity index is 1.22. The molecule has 0 unspecified atom stereocenters. The zero-order valence-corrected chi connectivity index (χ0v) is 21.5. The Kier molecular flexibility index (Phi) is 11.9. The second-order valence-corrected chi connectivity index (χ2v) is 11.0. The quantitative estimate of drug-likeness (QED) is 0.172. The lowest BCUT2D eigenvalue weighted by Gasteiger charge is -2.30. The molecule has 0 bridgehead atoms. The largest absolute Gasteiger partial charge is 0.199 e. The lowest BCUT2D eigenvalue weighted by molar-refractivity contribution is 0.244. The van der Waals surface area contributed by atoms with Gasteiger partial charge in [0.25, 0.3) is 0 Å². The van der Waals surface area contributed by atoms with E-state index < -0.39 is 5.83 Å². The molecule has 0 heterocycles. The molecule has 0 N–H and O–H groups in total. The third kappa shape index (κ3) is 9.40. The fourth-order valence-corrected chi connectivity index (χ4v) is 6.32. The Bertz CT molecular complexity index is 783. The van der Waals surface area contributed by atoms with Crippen molar-refractivity contribution in [2.24, 2.45) is 17.8 Å². The Morgan fingerprint density at radius 1 is 0.882 bits per heavy atom. The van der Waals surface area contributed by atoms with Crippen molar-refractivity contribution >= 4 is 0 Å². The molecule has 1 aromatic rings. The summed E-state index contributed by atoms with van der Waals surface area (Å²) < 4.78 is 12.7. The van der Waals surface area contributed by atoms with Gasteiger partial charge in [-0.05, 0) is 85.8 Å². The molecule has 2 fully saturated rings. The molecular formula is C32H46FN. The van der Waals surface area contributed by atoms with Gasteiger partial charge >= 0.3 is 0 Å². The lowest BCUT2D eigenvalue weighted by atomic mass is 9.76. The summed E-state index contributed by atoms with van der Waals surface area (Å²) in [6.07, 6.45) is 26.5. The minimum atomic E-state index is -0.711. The predicted octanol–water partition coefficient (Wildman–Crippen LogP) is 9.99. The molecule has 0 spiro atoms. The summed E-state index contributed by atoms with van der Waals surface area (Å²) >= 11 is 0. The van der Waals surface area contributed by atoms with Crippen LogP contribution < -0.4 is 0 Å². The van der Waals surface area contributed by atoms with Gasteiger partial charge in [-0.15, -0.1) is 0 Å². The molecule has 1 nitrogen and oxygen atoms in total. The van der Waals surface area contributed by atoms with E-state index in [1.54, 1.807) is 11.6 Å². The van der Waals surface area contributed by atoms with Gasteiger partial charge in [0, 0.05) is 0 Å². The molecule has 2 aliphatic rings. The van der Waals surface area contributed by atoms with Crippen LogP contribution in [-0.4, -0.2) is 0 Å². The maximum atomic E-state index is 12.7. The van der Waals surface area contributed by atoms with E-state index in [9.17, 15) is 4.39 Å². The number of unbranched alkanes of at least 4 members (excludes halogenated alkanes) is 1. The molecule has 2 saturated carbocycles. The number of hydrogen-bond acceptors (Lipinski definition) is 1. The number of hydrogen-bond donors (Lipinski definition) is 0. The van der Waals surface area contributed by atoms with Crippen molar-refractivity contribution in [2.75, 3.05) is 0 Å². The maximum absolute atomic E-state index is 12.7. The number of nitriles is 1. The van der Waals surface area contributed by atoms with E-state index >= 15 is 0 Å². The maximum Gasteiger partial charge on any atom is 0.199 e. The van der Waals surface area contributed by atoms with E-state index in [-0.39, 0.29) is 0 Å². The molecule has 1 aromatic carbocycles. The second kappa shape index (κ2) is 15.2. The average molecular weight is 464 g/mol. The highest BCUT2D eigenvalue weighted by molar-refractivity contribution is 5.26. The minimum absolute atomic E-state index is 0.711. The van der Waals surface area contributed by atoms with Gasteiger partial charge in [0.05, 0.1) is 0 Å². The first-order valence-corrected chi connectivity index (χ1v) is 14.2. The van der Waals surface area contributed by atoms with Gasteiger partial charge in [-0.3, -0.25) is 0 Å². The number of rotatable bonds is 12. The Morgan fingerprint density at radius 2 is 1.44 bits per heavy atom. The molecular weight excluding hydrogens is 417 g/mol. The summed E-state index contributed by atoms with van der Waals surface area (Å²) in [6.45, 7) is 2.26. The van der Waals surface area contributed by atoms with Crippen molar-refractivity contribution < 1.29 is 4.39 Å². The van der Waals surface area contributed by atoms with Crippen LogP contribution in [0.4, 0.5) is 4.39 Å². The van der Waals surface area contributed by atoms with E-state index in [0.29, 0.717) is 0 Å². The number of nitrogens with zero attached hydrogens (tertiary/aromatic N) is 1. The molecule has 0 radical (unpaired) electrons. The topological polar surface area (TPSA) is 23.8 Å². The van der Waals surface area contributed by atoms with E-state index in [2.05, 4.69) is 31.2 Å². The van der Waals surface area contributed by atoms with Crippen molar-refractivity contribution in [2.45, 2.75) is 116 Å². The molecule has 0 aromatic heterocycles. The number of aryl methyl sites for hydroxylation is 1. The van der Waals surface area contributed by atoms with E-state index in [1.165, 1.54) is 114 Å². The standard InChI is InChI=1S/C32H46FN/c1-2-8-26-17-21-30(22-18-26)31-23-19-29(20-24-31)11-7-6-10-28-15-13-27(14-16-28)9-4-3-5-12-32(33)25-34/h3,5,12,17-18,21-22,27-29,31H,2,4,6-11,13-16,19-20,23-24H2,1H3/t27-,28-,29-,31-. The molecule has 0 amide bonds. The normalized spacial score (nSPS) is 26.0. The zero-order chi connectivity index (χ0) is 24.0. The first-order valence-electron chi connectivity index (χ1n) is 14.2. The van der Waals surface area contributed by atoms with Crippen molar-refractivity contribution in [3.8, 4) is 6.07 Å². The molecule has 2 aliphatic carbocycles. The summed E-state index contributed by atoms with van der Waals surface area (Å²) in [5.41, 5.74) is 3.07. The summed E-state index contributed by atoms with van der Waals surface area (Å²) in [4.78, 5) is 0. The fraction of sp³-hybridized carbons (Fsp3) is 0.656. The van der Waals surface area contributed by atoms with Gasteiger partial charge in [0.2, 0.25) is 0 Å². The van der Waals surface area contributed by atoms with Crippen molar-refractivity contribution in [1.82, 2.24) is 0 Å². The molecule has 0 saturated heterocycles. The number of benzene rings is 1. The monoisotopic (exact) mass is 463 g/mol. The Morgan fingerprint density at radius 3 is 2.00 bits per heavy atom. The Hall–Kier alpha value is -1.88. The zero-order valence-electron chi connectivity index (χ0n) is 21.5. The van der Waals surface area contributed by atoms with Crippen molar-refractivity contribution in [1.29, 1.82) is 5.26 Å². The van der Waals surface area contributed by atoms with Gasteiger partial charge in [0.15, 0.2) is 5.83 Å². The molecule has 186 valence electrons. The average Bonchev–Trinajstić information content (AvgIpc) is 2.88. The minimum Gasteiger partial charge on any atom is -0.195 e. The molecule has 0 atom stereocenters. The summed E-state index contributed by atoms with van der Waals surface area (Å²) in [6, 6.07) is 11.0. The summed E-state index contributed by atoms with van der Waals surface area (Å²) in [7, 11) is 0. The fourth-order valence-electron chi connectivity index (χ4n) is 6.32. The second-order valence-electron chi connectivity index (χ2n) is 11.0. The lowest BCUT2D eigenvalue weighted by Crippen LogP contribution is -2.15. The first kappa shape index (κ1) is 26.7. The number of allylic oxidation sites excluding steroid dienone is 4.